The van der Waals surface area contributed by atoms with E-state index >= 15 is 0 Å². The second-order valence-corrected chi connectivity index (χ2v) is 6.39. The fourth-order valence-corrected chi connectivity index (χ4v) is 2.68. The Morgan fingerprint density at radius 2 is 1.96 bits per heavy atom. The van der Waals surface area contributed by atoms with Crippen LogP contribution in [0.25, 0.3) is 0 Å². The van der Waals surface area contributed by atoms with Crippen molar-refractivity contribution in [3.63, 3.8) is 0 Å². The van der Waals surface area contributed by atoms with Gasteiger partial charge >= 0.3 is 0 Å². The third-order valence-corrected chi connectivity index (χ3v) is 4.17. The molecule has 130 valence electrons. The summed E-state index contributed by atoms with van der Waals surface area (Å²) in [5, 5.41) is 5.35. The molecule has 2 aromatic rings. The molecule has 0 saturated heterocycles. The van der Waals surface area contributed by atoms with Crippen LogP contribution >= 0.6 is 0 Å². The summed E-state index contributed by atoms with van der Waals surface area (Å²) in [5.74, 6) is -0.755. The zero-order chi connectivity index (χ0) is 18.0. The molecule has 0 spiro atoms. The van der Waals surface area contributed by atoms with Crippen LogP contribution in [-0.4, -0.2) is 29.5 Å². The molecule has 0 unspecified atom stereocenters. The smallest absolute Gasteiger partial charge is 0.263 e. The highest BCUT2D eigenvalue weighted by Crippen LogP contribution is 2.19. The van der Waals surface area contributed by atoms with Gasteiger partial charge in [-0.2, -0.15) is 0 Å². The van der Waals surface area contributed by atoms with E-state index in [0.29, 0.717) is 12.1 Å². The van der Waals surface area contributed by atoms with Crippen molar-refractivity contribution >= 4 is 11.8 Å². The summed E-state index contributed by atoms with van der Waals surface area (Å²) >= 11 is 0. The first-order chi connectivity index (χ1) is 12.0. The van der Waals surface area contributed by atoms with Gasteiger partial charge in [-0.15, -0.1) is 0 Å². The van der Waals surface area contributed by atoms with Crippen LogP contribution in [0.15, 0.2) is 41.3 Å². The molecular weight excluding hydrogens is 318 g/mol. The number of aryl methyl sites for hydroxylation is 1. The van der Waals surface area contributed by atoms with Crippen molar-refractivity contribution in [1.82, 2.24) is 15.2 Å². The summed E-state index contributed by atoms with van der Waals surface area (Å²) in [7, 11) is 1.46. The van der Waals surface area contributed by atoms with Crippen molar-refractivity contribution in [3.8, 4) is 0 Å². The fourth-order valence-electron chi connectivity index (χ4n) is 2.68. The Labute approximate surface area is 145 Å². The predicted octanol–water partition coefficient (Wildman–Crippen LogP) is 1.46. The van der Waals surface area contributed by atoms with Gasteiger partial charge in [0.15, 0.2) is 0 Å². The SMILES string of the molecule is CNC(=O)c1cc(C(=O)NC2CC2)cn(Cc2cccc(C)c2)c1=O. The third kappa shape index (κ3) is 3.96. The molecule has 1 fully saturated rings. The molecule has 0 bridgehead atoms. The van der Waals surface area contributed by atoms with Gasteiger partial charge in [-0.05, 0) is 31.4 Å². The molecule has 0 radical (unpaired) electrons. The van der Waals surface area contributed by atoms with Crippen LogP contribution in [0.5, 0.6) is 0 Å². The van der Waals surface area contributed by atoms with Gasteiger partial charge in [-0.1, -0.05) is 29.8 Å². The van der Waals surface area contributed by atoms with E-state index in [-0.39, 0.29) is 17.5 Å². The Balaban J connectivity index is 2.00. The van der Waals surface area contributed by atoms with E-state index in [0.717, 1.165) is 24.0 Å². The molecule has 1 heterocycles. The molecule has 1 aliphatic rings. The highest BCUT2D eigenvalue weighted by molar-refractivity contribution is 5.99. The Hall–Kier alpha value is -2.89. The van der Waals surface area contributed by atoms with Crippen molar-refractivity contribution in [1.29, 1.82) is 0 Å². The average molecular weight is 339 g/mol. The van der Waals surface area contributed by atoms with Gasteiger partial charge in [-0.3, -0.25) is 14.4 Å². The number of hydrogen-bond donors (Lipinski definition) is 2. The molecule has 1 saturated carbocycles. The molecule has 0 aliphatic heterocycles. The monoisotopic (exact) mass is 339 g/mol. The number of nitrogens with zero attached hydrogens (tertiary/aromatic N) is 1. The molecule has 1 aromatic heterocycles. The minimum absolute atomic E-state index is 0.0291. The Morgan fingerprint density at radius 1 is 1.20 bits per heavy atom. The van der Waals surface area contributed by atoms with Gasteiger partial charge in [-0.25, -0.2) is 0 Å². The maximum Gasteiger partial charge on any atom is 0.263 e. The summed E-state index contributed by atoms with van der Waals surface area (Å²) in [4.78, 5) is 37.1. The van der Waals surface area contributed by atoms with E-state index in [4.69, 9.17) is 0 Å². The van der Waals surface area contributed by atoms with Gasteiger partial charge in [0, 0.05) is 19.3 Å². The second-order valence-electron chi connectivity index (χ2n) is 6.39. The maximum atomic E-state index is 12.6. The lowest BCUT2D eigenvalue weighted by molar-refractivity contribution is 0.0950. The van der Waals surface area contributed by atoms with Gasteiger partial charge < -0.3 is 15.2 Å². The van der Waals surface area contributed by atoms with Gasteiger partial charge in [0.2, 0.25) is 0 Å². The number of amides is 2. The predicted molar refractivity (Wildman–Crippen MR) is 94.9 cm³/mol. The minimum Gasteiger partial charge on any atom is -0.355 e. The summed E-state index contributed by atoms with van der Waals surface area (Å²) in [6, 6.07) is 9.35. The maximum absolute atomic E-state index is 12.6. The summed E-state index contributed by atoms with van der Waals surface area (Å²) in [6.07, 6.45) is 3.46. The van der Waals surface area contributed by atoms with Crippen molar-refractivity contribution in [2.24, 2.45) is 0 Å². The van der Waals surface area contributed by atoms with E-state index in [9.17, 15) is 14.4 Å². The first kappa shape index (κ1) is 17.0. The number of rotatable bonds is 5. The van der Waals surface area contributed by atoms with Crippen LogP contribution in [0, 0.1) is 6.92 Å². The lowest BCUT2D eigenvalue weighted by Gasteiger charge is -2.12. The Bertz CT molecular complexity index is 882. The number of pyridine rings is 1. The van der Waals surface area contributed by atoms with Crippen LogP contribution < -0.4 is 16.2 Å². The topological polar surface area (TPSA) is 80.2 Å². The molecule has 3 rings (SSSR count). The molecule has 25 heavy (non-hydrogen) atoms. The zero-order valence-corrected chi connectivity index (χ0v) is 14.3. The number of carbonyl (C=O) groups is 2. The first-order valence-electron chi connectivity index (χ1n) is 8.31. The molecule has 6 nitrogen and oxygen atoms in total. The standard InChI is InChI=1S/C19H21N3O3/c1-12-4-3-5-13(8-12)10-22-11-14(17(23)21-15-6-7-15)9-16(19(22)25)18(24)20-2/h3-5,8-9,11,15H,6-7,10H2,1-2H3,(H,20,24)(H,21,23). The lowest BCUT2D eigenvalue weighted by atomic mass is 10.1. The average Bonchev–Trinajstić information content (AvgIpc) is 3.40. The Kier molecular flexibility index (Phi) is 4.70. The van der Waals surface area contributed by atoms with Gasteiger partial charge in [0.1, 0.15) is 5.56 Å². The first-order valence-corrected chi connectivity index (χ1v) is 8.31. The Morgan fingerprint density at radius 3 is 2.60 bits per heavy atom. The van der Waals surface area contributed by atoms with Crippen LogP contribution in [0.4, 0.5) is 0 Å². The van der Waals surface area contributed by atoms with E-state index in [1.165, 1.54) is 23.9 Å². The molecule has 2 amide bonds. The molecule has 2 N–H and O–H groups in total. The van der Waals surface area contributed by atoms with E-state index in [1.54, 1.807) is 0 Å². The normalized spacial score (nSPS) is 13.4. The van der Waals surface area contributed by atoms with Crippen molar-refractivity contribution < 1.29 is 9.59 Å². The van der Waals surface area contributed by atoms with E-state index in [1.807, 2.05) is 31.2 Å². The minimum atomic E-state index is -0.496. The summed E-state index contributed by atoms with van der Waals surface area (Å²) < 4.78 is 1.42. The lowest BCUT2D eigenvalue weighted by Crippen LogP contribution is -2.34. The van der Waals surface area contributed by atoms with Crippen LogP contribution in [0.3, 0.4) is 0 Å². The van der Waals surface area contributed by atoms with Crippen molar-refractivity contribution in [2.75, 3.05) is 7.05 Å². The number of aromatic nitrogens is 1. The van der Waals surface area contributed by atoms with Gasteiger partial charge in [0.05, 0.1) is 12.1 Å². The molecule has 1 aromatic carbocycles. The third-order valence-electron chi connectivity index (χ3n) is 4.17. The molecule has 1 aliphatic carbocycles. The number of carbonyl (C=O) groups excluding carboxylic acids is 2. The molecular formula is C19H21N3O3. The number of benzene rings is 1. The largest absolute Gasteiger partial charge is 0.355 e. The molecule has 6 heteroatoms. The summed E-state index contributed by atoms with van der Waals surface area (Å²) in [6.45, 7) is 2.27. The van der Waals surface area contributed by atoms with E-state index < -0.39 is 11.5 Å². The van der Waals surface area contributed by atoms with Crippen LogP contribution in [0.2, 0.25) is 0 Å². The van der Waals surface area contributed by atoms with Crippen molar-refractivity contribution in [3.05, 3.63) is 69.1 Å². The second kappa shape index (κ2) is 6.93. The summed E-state index contributed by atoms with van der Waals surface area (Å²) in [5.41, 5.74) is 1.89. The quantitative estimate of drug-likeness (QED) is 0.865. The van der Waals surface area contributed by atoms with E-state index in [2.05, 4.69) is 10.6 Å². The number of hydrogen-bond acceptors (Lipinski definition) is 3. The fraction of sp³-hybridized carbons (Fsp3) is 0.316. The number of nitrogens with one attached hydrogen (secondary N) is 2. The van der Waals surface area contributed by atoms with Crippen LogP contribution in [-0.2, 0) is 6.54 Å². The highest BCUT2D eigenvalue weighted by Gasteiger charge is 2.25. The highest BCUT2D eigenvalue weighted by atomic mass is 16.2. The zero-order valence-electron chi connectivity index (χ0n) is 14.3. The van der Waals surface area contributed by atoms with Crippen molar-refractivity contribution in [2.45, 2.75) is 32.4 Å². The molecule has 0 atom stereocenters. The van der Waals surface area contributed by atoms with Gasteiger partial charge in [0.25, 0.3) is 17.4 Å². The van der Waals surface area contributed by atoms with Crippen LogP contribution in [0.1, 0.15) is 44.7 Å².